The molecule has 0 radical (unpaired) electrons. The van der Waals surface area contributed by atoms with Gasteiger partial charge in [0.25, 0.3) is 0 Å². The molecule has 0 saturated heterocycles. The van der Waals surface area contributed by atoms with Gasteiger partial charge >= 0.3 is 0 Å². The fourth-order valence-electron chi connectivity index (χ4n) is 1.37. The summed E-state index contributed by atoms with van der Waals surface area (Å²) in [5.74, 6) is 1.93. The van der Waals surface area contributed by atoms with Crippen molar-refractivity contribution >= 4 is 11.3 Å². The average molecular weight is 236 g/mol. The molecule has 2 aromatic rings. The van der Waals surface area contributed by atoms with E-state index in [1.807, 2.05) is 35.7 Å². The van der Waals surface area contributed by atoms with Gasteiger partial charge in [-0.1, -0.05) is 6.07 Å². The lowest BCUT2D eigenvalue weighted by molar-refractivity contribution is 0.337. The maximum atomic E-state index is 5.70. The molecule has 0 spiro atoms. The van der Waals surface area contributed by atoms with Gasteiger partial charge in [0.05, 0.1) is 14.2 Å². The Morgan fingerprint density at radius 1 is 0.938 bits per heavy atom. The summed E-state index contributed by atoms with van der Waals surface area (Å²) in [6, 6.07) is 9.39. The van der Waals surface area contributed by atoms with Gasteiger partial charge in [0.1, 0.15) is 0 Å². The Labute approximate surface area is 98.2 Å². The predicted molar refractivity (Wildman–Crippen MR) is 63.9 cm³/mol. The average Bonchev–Trinajstić information content (AvgIpc) is 2.81. The Morgan fingerprint density at radius 2 is 1.75 bits per heavy atom. The molecule has 1 aromatic carbocycles. The number of rotatable bonds is 4. The molecule has 0 unspecified atom stereocenters. The largest absolute Gasteiger partial charge is 0.493 e. The fraction of sp³-hybridized carbons (Fsp3) is 0.167. The van der Waals surface area contributed by atoms with Crippen molar-refractivity contribution in [2.24, 2.45) is 0 Å². The van der Waals surface area contributed by atoms with Crippen LogP contribution < -0.4 is 14.2 Å². The van der Waals surface area contributed by atoms with E-state index in [0.717, 1.165) is 5.06 Å². The zero-order valence-corrected chi connectivity index (χ0v) is 9.91. The standard InChI is InChI=1S/C12H12O3S/c1-13-9-5-3-6-10(12(9)14-2)15-11-7-4-8-16-11/h3-8H,1-2H3. The van der Waals surface area contributed by atoms with Crippen LogP contribution in [0, 0.1) is 0 Å². The molecule has 0 fully saturated rings. The smallest absolute Gasteiger partial charge is 0.203 e. The van der Waals surface area contributed by atoms with Crippen LogP contribution in [-0.2, 0) is 0 Å². The van der Waals surface area contributed by atoms with E-state index >= 15 is 0 Å². The molecule has 0 bridgehead atoms. The molecule has 1 aromatic heterocycles. The number of thiophene rings is 1. The highest BCUT2D eigenvalue weighted by Crippen LogP contribution is 2.39. The Morgan fingerprint density at radius 3 is 2.38 bits per heavy atom. The molecule has 84 valence electrons. The normalized spacial score (nSPS) is 9.88. The molecule has 16 heavy (non-hydrogen) atoms. The minimum Gasteiger partial charge on any atom is -0.493 e. The number of ether oxygens (including phenoxy) is 3. The van der Waals surface area contributed by atoms with Crippen molar-refractivity contribution in [1.29, 1.82) is 0 Å². The van der Waals surface area contributed by atoms with E-state index in [1.54, 1.807) is 14.2 Å². The van der Waals surface area contributed by atoms with Gasteiger partial charge in [-0.05, 0) is 29.6 Å². The highest BCUT2D eigenvalue weighted by Gasteiger charge is 2.11. The lowest BCUT2D eigenvalue weighted by Gasteiger charge is -2.11. The van der Waals surface area contributed by atoms with Crippen LogP contribution in [0.3, 0.4) is 0 Å². The van der Waals surface area contributed by atoms with Crippen molar-refractivity contribution in [2.75, 3.05) is 14.2 Å². The minimum absolute atomic E-state index is 0.610. The van der Waals surface area contributed by atoms with Gasteiger partial charge in [0.15, 0.2) is 16.6 Å². The van der Waals surface area contributed by atoms with Crippen molar-refractivity contribution < 1.29 is 14.2 Å². The second-order valence-corrected chi connectivity index (χ2v) is 3.94. The third-order valence-corrected chi connectivity index (χ3v) is 2.82. The molecular formula is C12H12O3S. The first-order valence-electron chi connectivity index (χ1n) is 4.77. The molecule has 0 saturated carbocycles. The van der Waals surface area contributed by atoms with Crippen molar-refractivity contribution in [1.82, 2.24) is 0 Å². The van der Waals surface area contributed by atoms with E-state index in [0.29, 0.717) is 17.2 Å². The maximum Gasteiger partial charge on any atom is 0.203 e. The van der Waals surface area contributed by atoms with Gasteiger partial charge in [0.2, 0.25) is 5.75 Å². The SMILES string of the molecule is COc1cccc(Oc2cccs2)c1OC. The highest BCUT2D eigenvalue weighted by molar-refractivity contribution is 7.11. The zero-order valence-electron chi connectivity index (χ0n) is 9.10. The van der Waals surface area contributed by atoms with Crippen LogP contribution in [-0.4, -0.2) is 14.2 Å². The van der Waals surface area contributed by atoms with E-state index in [-0.39, 0.29) is 0 Å². The lowest BCUT2D eigenvalue weighted by atomic mass is 10.3. The predicted octanol–water partition coefficient (Wildman–Crippen LogP) is 3.56. The van der Waals surface area contributed by atoms with Crippen LogP contribution in [0.5, 0.6) is 22.3 Å². The van der Waals surface area contributed by atoms with Gasteiger partial charge in [-0.2, -0.15) is 0 Å². The molecular weight excluding hydrogens is 224 g/mol. The Hall–Kier alpha value is -1.68. The number of hydrogen-bond donors (Lipinski definition) is 0. The molecule has 0 N–H and O–H groups in total. The fourth-order valence-corrected chi connectivity index (χ4v) is 1.95. The van der Waals surface area contributed by atoms with Crippen LogP contribution in [0.4, 0.5) is 0 Å². The number of hydrogen-bond acceptors (Lipinski definition) is 4. The first-order valence-corrected chi connectivity index (χ1v) is 5.65. The van der Waals surface area contributed by atoms with Gasteiger partial charge < -0.3 is 14.2 Å². The summed E-state index contributed by atoms with van der Waals surface area (Å²) in [6.45, 7) is 0. The summed E-state index contributed by atoms with van der Waals surface area (Å²) in [6.07, 6.45) is 0. The quantitative estimate of drug-likeness (QED) is 0.812. The van der Waals surface area contributed by atoms with E-state index in [4.69, 9.17) is 14.2 Å². The van der Waals surface area contributed by atoms with Crippen LogP contribution >= 0.6 is 11.3 Å². The number of methoxy groups -OCH3 is 2. The van der Waals surface area contributed by atoms with Gasteiger partial charge in [-0.3, -0.25) is 0 Å². The van der Waals surface area contributed by atoms with E-state index in [2.05, 4.69) is 0 Å². The summed E-state index contributed by atoms with van der Waals surface area (Å²) in [7, 11) is 3.20. The number of benzene rings is 1. The van der Waals surface area contributed by atoms with Crippen LogP contribution in [0.2, 0.25) is 0 Å². The molecule has 4 heteroatoms. The molecule has 1 heterocycles. The second kappa shape index (κ2) is 4.90. The van der Waals surface area contributed by atoms with Gasteiger partial charge in [0, 0.05) is 0 Å². The molecule has 0 aliphatic heterocycles. The third-order valence-electron chi connectivity index (χ3n) is 2.07. The molecule has 0 aliphatic rings. The summed E-state index contributed by atoms with van der Waals surface area (Å²) >= 11 is 1.53. The number of para-hydroxylation sites is 1. The molecule has 0 atom stereocenters. The lowest BCUT2D eigenvalue weighted by Crippen LogP contribution is -1.93. The molecule has 2 rings (SSSR count). The molecule has 3 nitrogen and oxygen atoms in total. The Kier molecular flexibility index (Phi) is 3.31. The Bertz CT molecular complexity index is 451. The summed E-state index contributed by atoms with van der Waals surface area (Å²) in [5, 5.41) is 2.79. The molecule has 0 aliphatic carbocycles. The highest BCUT2D eigenvalue weighted by atomic mass is 32.1. The van der Waals surface area contributed by atoms with Crippen molar-refractivity contribution in [3.63, 3.8) is 0 Å². The van der Waals surface area contributed by atoms with Crippen molar-refractivity contribution in [3.05, 3.63) is 35.7 Å². The third kappa shape index (κ3) is 2.12. The summed E-state index contributed by atoms with van der Waals surface area (Å²) in [4.78, 5) is 0. The van der Waals surface area contributed by atoms with Gasteiger partial charge in [-0.15, -0.1) is 11.3 Å². The summed E-state index contributed by atoms with van der Waals surface area (Å²) < 4.78 is 16.2. The van der Waals surface area contributed by atoms with Crippen molar-refractivity contribution in [2.45, 2.75) is 0 Å². The van der Waals surface area contributed by atoms with E-state index in [1.165, 1.54) is 11.3 Å². The van der Waals surface area contributed by atoms with E-state index in [9.17, 15) is 0 Å². The van der Waals surface area contributed by atoms with Crippen LogP contribution in [0.25, 0.3) is 0 Å². The molecule has 0 amide bonds. The monoisotopic (exact) mass is 236 g/mol. The second-order valence-electron chi connectivity index (χ2n) is 3.03. The van der Waals surface area contributed by atoms with Gasteiger partial charge in [-0.25, -0.2) is 0 Å². The zero-order chi connectivity index (χ0) is 11.4. The Balaban J connectivity index is 2.33. The first kappa shape index (κ1) is 10.8. The van der Waals surface area contributed by atoms with Crippen molar-refractivity contribution in [3.8, 4) is 22.3 Å². The minimum atomic E-state index is 0.610. The first-order chi connectivity index (χ1) is 7.85. The topological polar surface area (TPSA) is 27.7 Å². The maximum absolute atomic E-state index is 5.70. The summed E-state index contributed by atoms with van der Waals surface area (Å²) in [5.41, 5.74) is 0. The van der Waals surface area contributed by atoms with E-state index < -0.39 is 0 Å². The van der Waals surface area contributed by atoms with Crippen LogP contribution in [0.1, 0.15) is 0 Å². The van der Waals surface area contributed by atoms with Crippen LogP contribution in [0.15, 0.2) is 35.7 Å².